The fraction of sp³-hybridized carbons (Fsp3) is 0.529. The van der Waals surface area contributed by atoms with E-state index in [1.54, 1.807) is 4.90 Å². The summed E-state index contributed by atoms with van der Waals surface area (Å²) in [4.78, 5) is 26.3. The van der Waals surface area contributed by atoms with Gasteiger partial charge < -0.3 is 20.7 Å². The van der Waals surface area contributed by atoms with Gasteiger partial charge in [-0.3, -0.25) is 4.79 Å². The highest BCUT2D eigenvalue weighted by Crippen LogP contribution is 2.11. The molecule has 0 spiro atoms. The third-order valence-corrected chi connectivity index (χ3v) is 3.92. The van der Waals surface area contributed by atoms with Gasteiger partial charge in [-0.25, -0.2) is 4.79 Å². The maximum absolute atomic E-state index is 12.5. The van der Waals surface area contributed by atoms with Gasteiger partial charge in [-0.2, -0.15) is 0 Å². The number of nitrogens with zero attached hydrogens (tertiary/aromatic N) is 1. The van der Waals surface area contributed by atoms with Crippen molar-refractivity contribution in [1.82, 2.24) is 10.2 Å². The number of amides is 2. The van der Waals surface area contributed by atoms with Crippen molar-refractivity contribution in [3.63, 3.8) is 0 Å². The van der Waals surface area contributed by atoms with Crippen LogP contribution < -0.4 is 11.1 Å². The zero-order chi connectivity index (χ0) is 16.5. The molecule has 2 amide bonds. The first kappa shape index (κ1) is 20.3. The number of nitrogens with two attached hydrogens (primary N) is 1. The second kappa shape index (κ2) is 10.9. The van der Waals surface area contributed by atoms with Crippen molar-refractivity contribution in [3.8, 4) is 0 Å². The lowest BCUT2D eigenvalue weighted by molar-refractivity contribution is -0.132. The molecule has 24 heavy (non-hydrogen) atoms. The molecular formula is C17H26ClN3O3. The number of carbonyl (C=O) groups is 2. The van der Waals surface area contributed by atoms with Crippen molar-refractivity contribution in [2.75, 3.05) is 19.6 Å². The highest BCUT2D eigenvalue weighted by molar-refractivity contribution is 5.86. The van der Waals surface area contributed by atoms with Crippen molar-refractivity contribution in [2.24, 2.45) is 5.73 Å². The van der Waals surface area contributed by atoms with Crippen LogP contribution in [0.15, 0.2) is 30.3 Å². The molecule has 1 aliphatic rings. The van der Waals surface area contributed by atoms with Gasteiger partial charge in [0.1, 0.15) is 12.6 Å². The molecule has 1 fully saturated rings. The number of ether oxygens (including phenoxy) is 1. The number of benzene rings is 1. The van der Waals surface area contributed by atoms with Crippen LogP contribution in [0.2, 0.25) is 0 Å². The van der Waals surface area contributed by atoms with Gasteiger partial charge in [-0.1, -0.05) is 30.3 Å². The third kappa shape index (κ3) is 6.37. The number of rotatable bonds is 7. The fourth-order valence-electron chi connectivity index (χ4n) is 2.64. The predicted molar refractivity (Wildman–Crippen MR) is 94.9 cm³/mol. The molecule has 3 N–H and O–H groups in total. The number of hydrogen-bond donors (Lipinski definition) is 2. The molecule has 1 aliphatic heterocycles. The number of likely N-dealkylation sites (tertiary alicyclic amines) is 1. The lowest BCUT2D eigenvalue weighted by atomic mass is 10.1. The monoisotopic (exact) mass is 355 g/mol. The fourth-order valence-corrected chi connectivity index (χ4v) is 2.64. The number of carbonyl (C=O) groups excluding carboxylic acids is 2. The molecule has 0 radical (unpaired) electrons. The van der Waals surface area contributed by atoms with Crippen LogP contribution in [-0.4, -0.2) is 42.6 Å². The molecule has 0 unspecified atom stereocenters. The maximum Gasteiger partial charge on any atom is 0.408 e. The summed E-state index contributed by atoms with van der Waals surface area (Å²) in [6.07, 6.45) is 2.69. The Morgan fingerprint density at radius 1 is 1.21 bits per heavy atom. The Labute approximate surface area is 149 Å². The Balaban J connectivity index is 0.00000288. The molecule has 0 bridgehead atoms. The van der Waals surface area contributed by atoms with Crippen LogP contribution in [0.25, 0.3) is 0 Å². The van der Waals surface area contributed by atoms with E-state index >= 15 is 0 Å². The molecule has 0 aliphatic carbocycles. The average Bonchev–Trinajstić information content (AvgIpc) is 3.11. The van der Waals surface area contributed by atoms with Gasteiger partial charge in [-0.15, -0.1) is 12.4 Å². The van der Waals surface area contributed by atoms with E-state index in [1.165, 1.54) is 0 Å². The zero-order valence-corrected chi connectivity index (χ0v) is 14.6. The van der Waals surface area contributed by atoms with Crippen LogP contribution in [-0.2, 0) is 16.1 Å². The van der Waals surface area contributed by atoms with E-state index in [2.05, 4.69) is 5.32 Å². The molecule has 134 valence electrons. The smallest absolute Gasteiger partial charge is 0.408 e. The van der Waals surface area contributed by atoms with Crippen LogP contribution in [0.5, 0.6) is 0 Å². The Morgan fingerprint density at radius 3 is 2.50 bits per heavy atom. The molecular weight excluding hydrogens is 330 g/mol. The number of alkyl carbamates (subject to hydrolysis) is 1. The normalized spacial score (nSPS) is 14.6. The van der Waals surface area contributed by atoms with Crippen LogP contribution in [0.4, 0.5) is 4.79 Å². The molecule has 1 aromatic rings. The van der Waals surface area contributed by atoms with Gasteiger partial charge in [-0.05, 0) is 37.8 Å². The lowest BCUT2D eigenvalue weighted by Gasteiger charge is -2.23. The van der Waals surface area contributed by atoms with Gasteiger partial charge in [0.05, 0.1) is 0 Å². The van der Waals surface area contributed by atoms with Crippen LogP contribution in [0, 0.1) is 0 Å². The van der Waals surface area contributed by atoms with Gasteiger partial charge in [0.15, 0.2) is 0 Å². The molecule has 1 aromatic carbocycles. The predicted octanol–water partition coefficient (Wildman–Crippen LogP) is 2.06. The lowest BCUT2D eigenvalue weighted by Crippen LogP contribution is -2.48. The van der Waals surface area contributed by atoms with Crippen molar-refractivity contribution in [3.05, 3.63) is 35.9 Å². The van der Waals surface area contributed by atoms with Gasteiger partial charge >= 0.3 is 6.09 Å². The summed E-state index contributed by atoms with van der Waals surface area (Å²) < 4.78 is 5.20. The number of nitrogens with one attached hydrogen (secondary N) is 1. The van der Waals surface area contributed by atoms with E-state index in [9.17, 15) is 9.59 Å². The van der Waals surface area contributed by atoms with Crippen LogP contribution in [0.1, 0.15) is 31.2 Å². The third-order valence-electron chi connectivity index (χ3n) is 3.92. The van der Waals surface area contributed by atoms with E-state index in [1.807, 2.05) is 30.3 Å². The van der Waals surface area contributed by atoms with E-state index < -0.39 is 12.1 Å². The zero-order valence-electron chi connectivity index (χ0n) is 13.8. The number of hydrogen-bond acceptors (Lipinski definition) is 4. The highest BCUT2D eigenvalue weighted by Gasteiger charge is 2.27. The summed E-state index contributed by atoms with van der Waals surface area (Å²) in [6, 6.07) is 8.89. The summed E-state index contributed by atoms with van der Waals surface area (Å²) in [6.45, 7) is 2.20. The Morgan fingerprint density at radius 2 is 1.88 bits per heavy atom. The summed E-state index contributed by atoms with van der Waals surface area (Å²) in [7, 11) is 0. The topological polar surface area (TPSA) is 84.7 Å². The van der Waals surface area contributed by atoms with Gasteiger partial charge in [0.2, 0.25) is 5.91 Å². The van der Waals surface area contributed by atoms with E-state index in [0.717, 1.165) is 31.5 Å². The molecule has 1 heterocycles. The Hall–Kier alpha value is -1.79. The minimum absolute atomic E-state index is 0. The summed E-state index contributed by atoms with van der Waals surface area (Å²) in [5, 5.41) is 2.69. The van der Waals surface area contributed by atoms with E-state index in [-0.39, 0.29) is 24.9 Å². The average molecular weight is 356 g/mol. The minimum atomic E-state index is -0.566. The second-order valence-electron chi connectivity index (χ2n) is 5.72. The van der Waals surface area contributed by atoms with Gasteiger partial charge in [0.25, 0.3) is 0 Å². The maximum atomic E-state index is 12.5. The molecule has 2 rings (SSSR count). The molecule has 7 heteroatoms. The van der Waals surface area contributed by atoms with Crippen molar-refractivity contribution in [2.45, 2.75) is 38.3 Å². The quantitative estimate of drug-likeness (QED) is 0.784. The van der Waals surface area contributed by atoms with Gasteiger partial charge in [0, 0.05) is 13.1 Å². The van der Waals surface area contributed by atoms with Crippen LogP contribution in [0.3, 0.4) is 0 Å². The van der Waals surface area contributed by atoms with E-state index in [4.69, 9.17) is 10.5 Å². The van der Waals surface area contributed by atoms with E-state index in [0.29, 0.717) is 19.4 Å². The summed E-state index contributed by atoms with van der Waals surface area (Å²) in [5.74, 6) is -0.0346. The summed E-state index contributed by atoms with van der Waals surface area (Å²) >= 11 is 0. The first-order valence-electron chi connectivity index (χ1n) is 8.17. The van der Waals surface area contributed by atoms with Crippen molar-refractivity contribution >= 4 is 24.4 Å². The largest absolute Gasteiger partial charge is 0.445 e. The Kier molecular flexibility index (Phi) is 9.19. The van der Waals surface area contributed by atoms with Crippen molar-refractivity contribution < 1.29 is 14.3 Å². The standard InChI is InChI=1S/C17H25N3O3.ClH/c18-10-6-9-15(16(21)20-11-4-5-12-20)19-17(22)23-13-14-7-2-1-3-8-14;/h1-3,7-8,15H,4-6,9-13,18H2,(H,19,22);1H/t15-;/m0./s1. The molecule has 0 saturated carbocycles. The molecule has 1 saturated heterocycles. The first-order chi connectivity index (χ1) is 11.2. The first-order valence-corrected chi connectivity index (χ1v) is 8.17. The molecule has 0 aromatic heterocycles. The minimum Gasteiger partial charge on any atom is -0.445 e. The Bertz CT molecular complexity index is 507. The summed E-state index contributed by atoms with van der Waals surface area (Å²) in [5.41, 5.74) is 6.44. The van der Waals surface area contributed by atoms with Crippen LogP contribution >= 0.6 is 12.4 Å². The number of halogens is 1. The molecule has 1 atom stereocenters. The second-order valence-corrected chi connectivity index (χ2v) is 5.72. The highest BCUT2D eigenvalue weighted by atomic mass is 35.5. The SMILES string of the molecule is Cl.NCCC[C@H](NC(=O)OCc1ccccc1)C(=O)N1CCCC1. The van der Waals surface area contributed by atoms with Crippen molar-refractivity contribution in [1.29, 1.82) is 0 Å². The molecule has 6 nitrogen and oxygen atoms in total.